The first-order valence-corrected chi connectivity index (χ1v) is 7.41. The van der Waals surface area contributed by atoms with E-state index < -0.39 is 0 Å². The number of hydrogen-bond donors (Lipinski definition) is 1. The van der Waals surface area contributed by atoms with Crippen LogP contribution in [0.2, 0.25) is 10.2 Å². The highest BCUT2D eigenvalue weighted by Gasteiger charge is 2.19. The molecule has 1 fully saturated rings. The molecule has 19 heavy (non-hydrogen) atoms. The van der Waals surface area contributed by atoms with E-state index in [2.05, 4.69) is 17.2 Å². The topological polar surface area (TPSA) is 42.0 Å². The third-order valence-corrected chi connectivity index (χ3v) is 4.43. The fourth-order valence-corrected chi connectivity index (χ4v) is 2.69. The molecule has 3 nitrogen and oxygen atoms in total. The Balaban J connectivity index is 1.85. The first-order valence-electron chi connectivity index (χ1n) is 6.65. The zero-order chi connectivity index (χ0) is 13.8. The molecule has 104 valence electrons. The normalized spacial score (nSPS) is 23.1. The summed E-state index contributed by atoms with van der Waals surface area (Å²) in [5.74, 6) is 1.28. The molecule has 0 unspecified atom stereocenters. The molecule has 0 spiro atoms. The molecular weight excluding hydrogens is 283 g/mol. The molecule has 0 radical (unpaired) electrons. The van der Waals surface area contributed by atoms with Crippen molar-refractivity contribution in [3.8, 4) is 0 Å². The molecule has 1 aromatic heterocycles. The third-order valence-electron chi connectivity index (χ3n) is 3.75. The first kappa shape index (κ1) is 14.6. The van der Waals surface area contributed by atoms with E-state index in [-0.39, 0.29) is 11.1 Å². The SMILES string of the molecule is CC1CCC(CNC(=O)c2cnc(Cl)c(Cl)c2)CC1. The van der Waals surface area contributed by atoms with E-state index in [9.17, 15) is 4.79 Å². The van der Waals surface area contributed by atoms with E-state index in [1.165, 1.54) is 31.9 Å². The first-order chi connectivity index (χ1) is 9.06. The summed E-state index contributed by atoms with van der Waals surface area (Å²) in [7, 11) is 0. The van der Waals surface area contributed by atoms with Crippen molar-refractivity contribution in [1.29, 1.82) is 0 Å². The van der Waals surface area contributed by atoms with Crippen LogP contribution in [-0.2, 0) is 0 Å². The highest BCUT2D eigenvalue weighted by atomic mass is 35.5. The zero-order valence-corrected chi connectivity index (χ0v) is 12.5. The number of aromatic nitrogens is 1. The maximum Gasteiger partial charge on any atom is 0.252 e. The molecule has 1 amide bonds. The summed E-state index contributed by atoms with van der Waals surface area (Å²) in [5, 5.41) is 3.48. The second kappa shape index (κ2) is 6.58. The van der Waals surface area contributed by atoms with Crippen LogP contribution in [0, 0.1) is 11.8 Å². The van der Waals surface area contributed by atoms with Crippen LogP contribution in [-0.4, -0.2) is 17.4 Å². The summed E-state index contributed by atoms with van der Waals surface area (Å²) in [4.78, 5) is 15.8. The lowest BCUT2D eigenvalue weighted by Crippen LogP contribution is -2.31. The van der Waals surface area contributed by atoms with Crippen LogP contribution >= 0.6 is 23.2 Å². The van der Waals surface area contributed by atoms with Crippen molar-refractivity contribution < 1.29 is 4.79 Å². The van der Waals surface area contributed by atoms with Crippen molar-refractivity contribution in [2.75, 3.05) is 6.54 Å². The van der Waals surface area contributed by atoms with E-state index >= 15 is 0 Å². The smallest absolute Gasteiger partial charge is 0.252 e. The Bertz CT molecular complexity index is 457. The monoisotopic (exact) mass is 300 g/mol. The molecule has 1 aliphatic rings. The van der Waals surface area contributed by atoms with Crippen molar-refractivity contribution in [3.63, 3.8) is 0 Å². The minimum absolute atomic E-state index is 0.135. The van der Waals surface area contributed by atoms with Gasteiger partial charge in [0, 0.05) is 12.7 Å². The van der Waals surface area contributed by atoms with Crippen LogP contribution in [0.15, 0.2) is 12.3 Å². The Morgan fingerprint density at radius 1 is 1.37 bits per heavy atom. The number of rotatable bonds is 3. The molecule has 2 rings (SSSR count). The van der Waals surface area contributed by atoms with Gasteiger partial charge in [-0.05, 0) is 30.7 Å². The van der Waals surface area contributed by atoms with Crippen molar-refractivity contribution >= 4 is 29.1 Å². The molecule has 0 aliphatic heterocycles. The lowest BCUT2D eigenvalue weighted by atomic mass is 9.83. The highest BCUT2D eigenvalue weighted by Crippen LogP contribution is 2.27. The van der Waals surface area contributed by atoms with Crippen molar-refractivity contribution in [2.45, 2.75) is 32.6 Å². The maximum absolute atomic E-state index is 12.0. The van der Waals surface area contributed by atoms with Crippen LogP contribution in [0.5, 0.6) is 0 Å². The molecule has 0 aromatic carbocycles. The minimum atomic E-state index is -0.135. The fourth-order valence-electron chi connectivity index (χ4n) is 2.42. The standard InChI is InChI=1S/C14H18Cl2N2O/c1-9-2-4-10(5-3-9)7-18-14(19)11-6-12(15)13(16)17-8-11/h6,8-10H,2-5,7H2,1H3,(H,18,19). The summed E-state index contributed by atoms with van der Waals surface area (Å²) in [6.45, 7) is 3.02. The lowest BCUT2D eigenvalue weighted by molar-refractivity contribution is 0.0941. The predicted molar refractivity (Wildman–Crippen MR) is 77.7 cm³/mol. The number of carbonyl (C=O) groups is 1. The number of carbonyl (C=O) groups excluding carboxylic acids is 1. The molecule has 1 saturated carbocycles. The fraction of sp³-hybridized carbons (Fsp3) is 0.571. The summed E-state index contributed by atoms with van der Waals surface area (Å²) >= 11 is 11.6. The van der Waals surface area contributed by atoms with Gasteiger partial charge in [-0.1, -0.05) is 43.0 Å². The number of nitrogens with zero attached hydrogens (tertiary/aromatic N) is 1. The molecule has 1 aliphatic carbocycles. The number of nitrogens with one attached hydrogen (secondary N) is 1. The van der Waals surface area contributed by atoms with Gasteiger partial charge in [0.1, 0.15) is 5.15 Å². The van der Waals surface area contributed by atoms with E-state index in [1.54, 1.807) is 6.07 Å². The van der Waals surface area contributed by atoms with Gasteiger partial charge in [-0.25, -0.2) is 4.98 Å². The number of amides is 1. The number of pyridine rings is 1. The summed E-state index contributed by atoms with van der Waals surface area (Å²) in [5.41, 5.74) is 0.457. The van der Waals surface area contributed by atoms with Gasteiger partial charge < -0.3 is 5.32 Å². The van der Waals surface area contributed by atoms with Crippen LogP contribution in [0.25, 0.3) is 0 Å². The lowest BCUT2D eigenvalue weighted by Gasteiger charge is -2.26. The molecule has 0 atom stereocenters. The molecule has 0 bridgehead atoms. The summed E-state index contributed by atoms with van der Waals surface area (Å²) < 4.78 is 0. The average molecular weight is 301 g/mol. The molecule has 5 heteroatoms. The van der Waals surface area contributed by atoms with Crippen molar-refractivity contribution in [2.24, 2.45) is 11.8 Å². The van der Waals surface area contributed by atoms with Crippen molar-refractivity contribution in [1.82, 2.24) is 10.3 Å². The quantitative estimate of drug-likeness (QED) is 0.859. The minimum Gasteiger partial charge on any atom is -0.352 e. The van der Waals surface area contributed by atoms with Gasteiger partial charge in [0.05, 0.1) is 10.6 Å². The largest absolute Gasteiger partial charge is 0.352 e. The van der Waals surface area contributed by atoms with Gasteiger partial charge in [-0.15, -0.1) is 0 Å². The van der Waals surface area contributed by atoms with E-state index in [1.807, 2.05) is 0 Å². The average Bonchev–Trinajstić information content (AvgIpc) is 2.41. The Hall–Kier alpha value is -0.800. The van der Waals surface area contributed by atoms with Gasteiger partial charge in [0.25, 0.3) is 5.91 Å². The van der Waals surface area contributed by atoms with Crippen molar-refractivity contribution in [3.05, 3.63) is 28.0 Å². The highest BCUT2D eigenvalue weighted by molar-refractivity contribution is 6.41. The van der Waals surface area contributed by atoms with Gasteiger partial charge in [0.15, 0.2) is 0 Å². The van der Waals surface area contributed by atoms with Crippen LogP contribution in [0.3, 0.4) is 0 Å². The molecule has 1 heterocycles. The predicted octanol–water partition coefficient (Wildman–Crippen LogP) is 3.94. The second-order valence-corrected chi connectivity index (χ2v) is 6.10. The van der Waals surface area contributed by atoms with E-state index in [4.69, 9.17) is 23.2 Å². The third kappa shape index (κ3) is 4.08. The second-order valence-electron chi connectivity index (χ2n) is 5.33. The van der Waals surface area contributed by atoms with E-state index in [0.717, 1.165) is 12.5 Å². The Labute approximate surface area is 123 Å². The van der Waals surface area contributed by atoms with Crippen LogP contribution in [0.4, 0.5) is 0 Å². The van der Waals surface area contributed by atoms with Crippen LogP contribution < -0.4 is 5.32 Å². The van der Waals surface area contributed by atoms with Gasteiger partial charge in [-0.2, -0.15) is 0 Å². The van der Waals surface area contributed by atoms with Gasteiger partial charge in [0.2, 0.25) is 0 Å². The molecule has 1 aromatic rings. The summed E-state index contributed by atoms with van der Waals surface area (Å²) in [6, 6.07) is 1.55. The van der Waals surface area contributed by atoms with Gasteiger partial charge in [-0.3, -0.25) is 4.79 Å². The van der Waals surface area contributed by atoms with Crippen LogP contribution in [0.1, 0.15) is 43.0 Å². The molecule has 0 saturated heterocycles. The maximum atomic E-state index is 12.0. The zero-order valence-electron chi connectivity index (χ0n) is 11.0. The number of hydrogen-bond acceptors (Lipinski definition) is 2. The Morgan fingerprint density at radius 2 is 2.05 bits per heavy atom. The Kier molecular flexibility index (Phi) is 5.06. The molecule has 1 N–H and O–H groups in total. The summed E-state index contributed by atoms with van der Waals surface area (Å²) in [6.07, 6.45) is 6.36. The molecular formula is C14H18Cl2N2O. The number of halogens is 2. The van der Waals surface area contributed by atoms with Gasteiger partial charge >= 0.3 is 0 Å². The Morgan fingerprint density at radius 3 is 2.68 bits per heavy atom. The van der Waals surface area contributed by atoms with E-state index in [0.29, 0.717) is 16.5 Å².